The quantitative estimate of drug-likeness (QED) is 0.465. The van der Waals surface area contributed by atoms with Gasteiger partial charge in [0, 0.05) is 23.8 Å². The molecule has 2 N–H and O–H groups in total. The second-order valence-corrected chi connectivity index (χ2v) is 9.09. The molecule has 1 saturated carbocycles. The van der Waals surface area contributed by atoms with Gasteiger partial charge in [-0.05, 0) is 37.3 Å². The molecule has 2 aliphatic carbocycles. The molecule has 3 rings (SSSR count). The average molecular weight is 385 g/mol. The summed E-state index contributed by atoms with van der Waals surface area (Å²) in [5.41, 5.74) is 0.901. The third-order valence-electron chi connectivity index (χ3n) is 6.72. The van der Waals surface area contributed by atoms with Gasteiger partial charge in [-0.1, -0.05) is 62.8 Å². The number of aliphatic hydroxyl groups excluding tert-OH is 2. The van der Waals surface area contributed by atoms with E-state index in [4.69, 9.17) is 4.74 Å². The van der Waals surface area contributed by atoms with Crippen LogP contribution in [0, 0.1) is 17.3 Å². The topological polar surface area (TPSA) is 66.8 Å². The highest BCUT2D eigenvalue weighted by atomic mass is 16.6. The summed E-state index contributed by atoms with van der Waals surface area (Å²) < 4.78 is 5.96. The van der Waals surface area contributed by atoms with Crippen LogP contribution in [0.25, 0.3) is 6.08 Å². The number of benzene rings is 1. The Hall–Kier alpha value is -1.91. The largest absolute Gasteiger partial charge is 0.456 e. The lowest BCUT2D eigenvalue weighted by molar-refractivity contribution is -0.215. The molecule has 4 nitrogen and oxygen atoms in total. The molecular formula is C24H32O4. The Balaban J connectivity index is 1.84. The number of allylic oxidation sites excluding steroid dienone is 2. The summed E-state index contributed by atoms with van der Waals surface area (Å²) in [4.78, 5) is 12.6. The zero-order valence-electron chi connectivity index (χ0n) is 17.3. The van der Waals surface area contributed by atoms with Crippen molar-refractivity contribution in [1.82, 2.24) is 0 Å². The molecule has 1 fully saturated rings. The van der Waals surface area contributed by atoms with E-state index in [0.29, 0.717) is 12.3 Å². The lowest BCUT2D eigenvalue weighted by Gasteiger charge is -2.57. The monoisotopic (exact) mass is 384 g/mol. The van der Waals surface area contributed by atoms with E-state index < -0.39 is 29.2 Å². The molecule has 5 atom stereocenters. The van der Waals surface area contributed by atoms with Crippen molar-refractivity contribution in [2.24, 2.45) is 17.3 Å². The molecule has 4 heteroatoms. The summed E-state index contributed by atoms with van der Waals surface area (Å²) in [6.45, 7) is 8.23. The number of fused-ring (bicyclic) bond motifs is 1. The highest BCUT2D eigenvalue weighted by molar-refractivity contribution is 5.87. The molecule has 0 spiro atoms. The van der Waals surface area contributed by atoms with Crippen molar-refractivity contribution in [3.8, 4) is 0 Å². The Kier molecular flexibility index (Phi) is 5.83. The minimum absolute atomic E-state index is 0.0464. The van der Waals surface area contributed by atoms with Crippen molar-refractivity contribution in [3.63, 3.8) is 0 Å². The van der Waals surface area contributed by atoms with Crippen molar-refractivity contribution in [3.05, 3.63) is 53.6 Å². The summed E-state index contributed by atoms with van der Waals surface area (Å²) >= 11 is 0. The lowest BCUT2D eigenvalue weighted by Crippen LogP contribution is -2.62. The van der Waals surface area contributed by atoms with Gasteiger partial charge in [0.25, 0.3) is 0 Å². The summed E-state index contributed by atoms with van der Waals surface area (Å²) in [5, 5.41) is 21.3. The van der Waals surface area contributed by atoms with Gasteiger partial charge < -0.3 is 14.9 Å². The number of esters is 1. The fraction of sp³-hybridized carbons (Fsp3) is 0.542. The summed E-state index contributed by atoms with van der Waals surface area (Å²) in [6, 6.07) is 9.60. The molecule has 152 valence electrons. The molecule has 0 aliphatic heterocycles. The van der Waals surface area contributed by atoms with Gasteiger partial charge in [0.2, 0.25) is 0 Å². The molecule has 2 aliphatic rings. The molecule has 1 aromatic rings. The standard InChI is InChI=1S/C24H32O4/c1-16(2)18-12-13-23(3)20(14-18)24(4,15-19(25)22(23)27)28-21(26)11-10-17-8-6-5-7-9-17/h5-12,16,19-20,22,25,27H,13-15H2,1-4H3/t19-,20+,22+,23+,24-/m0/s1. The molecule has 28 heavy (non-hydrogen) atoms. The zero-order valence-corrected chi connectivity index (χ0v) is 17.3. The number of hydrogen-bond acceptors (Lipinski definition) is 4. The highest BCUT2D eigenvalue weighted by Crippen LogP contribution is 2.55. The predicted molar refractivity (Wildman–Crippen MR) is 110 cm³/mol. The van der Waals surface area contributed by atoms with Crippen LogP contribution in [-0.2, 0) is 9.53 Å². The van der Waals surface area contributed by atoms with Gasteiger partial charge in [0.05, 0.1) is 12.2 Å². The third-order valence-corrected chi connectivity index (χ3v) is 6.72. The smallest absolute Gasteiger partial charge is 0.331 e. The van der Waals surface area contributed by atoms with Gasteiger partial charge in [-0.15, -0.1) is 0 Å². The molecule has 0 amide bonds. The van der Waals surface area contributed by atoms with Crippen LogP contribution < -0.4 is 0 Å². The maximum Gasteiger partial charge on any atom is 0.331 e. The molecule has 0 saturated heterocycles. The van der Waals surface area contributed by atoms with Crippen LogP contribution >= 0.6 is 0 Å². The molecular weight excluding hydrogens is 352 g/mol. The van der Waals surface area contributed by atoms with Crippen LogP contribution in [0.1, 0.15) is 52.5 Å². The number of carbonyl (C=O) groups is 1. The SMILES string of the molecule is CC(C)C1=CC[C@@]2(C)[C@H](O)[C@@H](O)C[C@](C)(OC(=O)C=Cc3ccccc3)[C@@H]2C1. The average Bonchev–Trinajstić information content (AvgIpc) is 2.65. The van der Waals surface area contributed by atoms with Crippen molar-refractivity contribution in [1.29, 1.82) is 0 Å². The van der Waals surface area contributed by atoms with Crippen LogP contribution in [0.2, 0.25) is 0 Å². The van der Waals surface area contributed by atoms with Crippen molar-refractivity contribution < 1.29 is 19.7 Å². The minimum Gasteiger partial charge on any atom is -0.456 e. The van der Waals surface area contributed by atoms with Gasteiger partial charge >= 0.3 is 5.97 Å². The van der Waals surface area contributed by atoms with E-state index in [0.717, 1.165) is 12.0 Å². The number of hydrogen-bond donors (Lipinski definition) is 2. The minimum atomic E-state index is -0.911. The first-order valence-corrected chi connectivity index (χ1v) is 10.2. The van der Waals surface area contributed by atoms with Crippen LogP contribution in [0.3, 0.4) is 0 Å². The Bertz CT molecular complexity index is 766. The second kappa shape index (κ2) is 7.84. The predicted octanol–water partition coefficient (Wildman–Crippen LogP) is 4.13. The van der Waals surface area contributed by atoms with E-state index in [1.54, 1.807) is 6.08 Å². The van der Waals surface area contributed by atoms with E-state index >= 15 is 0 Å². The summed E-state index contributed by atoms with van der Waals surface area (Å²) in [7, 11) is 0. The second-order valence-electron chi connectivity index (χ2n) is 9.09. The fourth-order valence-electron chi connectivity index (χ4n) is 4.97. The Morgan fingerprint density at radius 3 is 2.54 bits per heavy atom. The molecule has 0 bridgehead atoms. The molecule has 0 heterocycles. The number of ether oxygens (including phenoxy) is 1. The summed E-state index contributed by atoms with van der Waals surface area (Å²) in [5.74, 6) is -0.0562. The van der Waals surface area contributed by atoms with Gasteiger partial charge in [0.15, 0.2) is 0 Å². The van der Waals surface area contributed by atoms with Gasteiger partial charge in [-0.3, -0.25) is 0 Å². The van der Waals surface area contributed by atoms with Crippen molar-refractivity contribution >= 4 is 12.0 Å². The van der Waals surface area contributed by atoms with Crippen LogP contribution in [0.4, 0.5) is 0 Å². The van der Waals surface area contributed by atoms with Gasteiger partial charge in [-0.2, -0.15) is 0 Å². The normalized spacial score (nSPS) is 35.5. The van der Waals surface area contributed by atoms with E-state index in [2.05, 4.69) is 19.9 Å². The lowest BCUT2D eigenvalue weighted by atomic mass is 9.53. The van der Waals surface area contributed by atoms with Crippen LogP contribution in [0.5, 0.6) is 0 Å². The fourth-order valence-corrected chi connectivity index (χ4v) is 4.97. The maximum absolute atomic E-state index is 12.6. The Labute approximate surface area is 167 Å². The van der Waals surface area contributed by atoms with E-state index in [-0.39, 0.29) is 12.3 Å². The van der Waals surface area contributed by atoms with E-state index in [1.165, 1.54) is 11.6 Å². The molecule has 0 radical (unpaired) electrons. The third kappa shape index (κ3) is 3.94. The van der Waals surface area contributed by atoms with E-state index in [9.17, 15) is 15.0 Å². The zero-order chi connectivity index (χ0) is 20.5. The van der Waals surface area contributed by atoms with Gasteiger partial charge in [-0.25, -0.2) is 4.79 Å². The van der Waals surface area contributed by atoms with Crippen molar-refractivity contribution in [2.45, 2.75) is 64.8 Å². The van der Waals surface area contributed by atoms with E-state index in [1.807, 2.05) is 44.2 Å². The first-order chi connectivity index (χ1) is 13.2. The highest BCUT2D eigenvalue weighted by Gasteiger charge is 2.59. The maximum atomic E-state index is 12.6. The molecule has 0 aromatic heterocycles. The Morgan fingerprint density at radius 2 is 1.89 bits per heavy atom. The van der Waals surface area contributed by atoms with Gasteiger partial charge in [0.1, 0.15) is 5.60 Å². The van der Waals surface area contributed by atoms with Crippen LogP contribution in [-0.4, -0.2) is 34.0 Å². The first kappa shape index (κ1) is 20.8. The van der Waals surface area contributed by atoms with Crippen LogP contribution in [0.15, 0.2) is 48.1 Å². The summed E-state index contributed by atoms with van der Waals surface area (Å²) in [6.07, 6.45) is 5.32. The first-order valence-electron chi connectivity index (χ1n) is 10.2. The number of carbonyl (C=O) groups excluding carboxylic acids is 1. The Morgan fingerprint density at radius 1 is 1.21 bits per heavy atom. The number of aliphatic hydroxyl groups is 2. The van der Waals surface area contributed by atoms with Crippen molar-refractivity contribution in [2.75, 3.05) is 0 Å². The molecule has 0 unspecified atom stereocenters. The number of rotatable bonds is 4. The molecule has 1 aromatic carbocycles.